The molecule has 0 radical (unpaired) electrons. The second-order valence-corrected chi connectivity index (χ2v) is 9.24. The molecule has 35 heavy (non-hydrogen) atoms. The summed E-state index contributed by atoms with van der Waals surface area (Å²) in [6.45, 7) is 9.23. The first-order valence-corrected chi connectivity index (χ1v) is 12.3. The number of carbonyl (C=O) groups excluding carboxylic acids is 1. The lowest BCUT2D eigenvalue weighted by Crippen LogP contribution is -2.42. The Morgan fingerprint density at radius 2 is 2.14 bits per heavy atom. The zero-order chi connectivity index (χ0) is 24.8. The van der Waals surface area contributed by atoms with E-state index in [0.717, 1.165) is 32.6 Å². The highest BCUT2D eigenvalue weighted by atomic mass is 32.1. The number of rotatable bonds is 7. The molecule has 2 aromatic heterocycles. The Bertz CT molecular complexity index is 1280. The summed E-state index contributed by atoms with van der Waals surface area (Å²) in [7, 11) is 0. The fourth-order valence-corrected chi connectivity index (χ4v) is 4.83. The van der Waals surface area contributed by atoms with Gasteiger partial charge >= 0.3 is 6.03 Å². The second-order valence-electron chi connectivity index (χ2n) is 8.24. The van der Waals surface area contributed by atoms with Gasteiger partial charge in [0.25, 0.3) is 0 Å². The van der Waals surface area contributed by atoms with E-state index in [0.29, 0.717) is 43.4 Å². The summed E-state index contributed by atoms with van der Waals surface area (Å²) in [5, 5.41) is 16.9. The molecule has 9 heteroatoms. The number of carbonyl (C=O) groups is 1. The van der Waals surface area contributed by atoms with Gasteiger partial charge in [-0.15, -0.1) is 0 Å². The van der Waals surface area contributed by atoms with Crippen LogP contribution in [-0.2, 0) is 4.74 Å². The fourth-order valence-electron chi connectivity index (χ4n) is 3.87. The van der Waals surface area contributed by atoms with E-state index in [4.69, 9.17) is 4.74 Å². The minimum atomic E-state index is -0.960. The molecule has 1 aliphatic heterocycles. The minimum absolute atomic E-state index is 0.298. The number of hydrogen-bond acceptors (Lipinski definition) is 7. The average Bonchev–Trinajstić information content (AvgIpc) is 3.27. The van der Waals surface area contributed by atoms with Gasteiger partial charge in [-0.05, 0) is 49.2 Å². The molecule has 1 saturated heterocycles. The van der Waals surface area contributed by atoms with Crippen molar-refractivity contribution in [2.75, 3.05) is 25.1 Å². The van der Waals surface area contributed by atoms with E-state index in [-0.39, 0.29) is 6.03 Å². The van der Waals surface area contributed by atoms with Gasteiger partial charge in [0, 0.05) is 56.3 Å². The van der Waals surface area contributed by atoms with Crippen LogP contribution in [-0.4, -0.2) is 52.2 Å². The molecule has 0 saturated carbocycles. The molecule has 0 atom stereocenters. The van der Waals surface area contributed by atoms with Crippen molar-refractivity contribution in [1.82, 2.24) is 15.3 Å². The number of benzene rings is 1. The predicted molar refractivity (Wildman–Crippen MR) is 142 cm³/mol. The molecule has 1 fully saturated rings. The maximum atomic E-state index is 12.0. The van der Waals surface area contributed by atoms with Crippen LogP contribution in [0.3, 0.4) is 0 Å². The van der Waals surface area contributed by atoms with Crippen molar-refractivity contribution < 1.29 is 14.6 Å². The van der Waals surface area contributed by atoms with Gasteiger partial charge in [0.1, 0.15) is 5.60 Å². The van der Waals surface area contributed by atoms with E-state index in [2.05, 4.69) is 32.2 Å². The summed E-state index contributed by atoms with van der Waals surface area (Å²) in [6.07, 6.45) is 6.24. The SMILES string of the molecule is C=C/C(=C\N=C(C)C1(O)CCOCC1)c1cc(-c2ccccn2)c2sc(NC(=O)NCC)nc2c1. The number of hydrogen-bond donors (Lipinski definition) is 3. The first-order chi connectivity index (χ1) is 16.9. The van der Waals surface area contributed by atoms with E-state index in [9.17, 15) is 9.90 Å². The summed E-state index contributed by atoms with van der Waals surface area (Å²) in [5.41, 5.74) is 3.76. The van der Waals surface area contributed by atoms with Gasteiger partial charge in [0.05, 0.1) is 15.9 Å². The Morgan fingerprint density at radius 1 is 1.34 bits per heavy atom. The van der Waals surface area contributed by atoms with E-state index in [1.54, 1.807) is 18.5 Å². The molecule has 182 valence electrons. The number of pyridine rings is 1. The average molecular weight is 492 g/mol. The Balaban J connectivity index is 1.77. The van der Waals surface area contributed by atoms with Gasteiger partial charge in [-0.2, -0.15) is 0 Å². The maximum absolute atomic E-state index is 12.0. The van der Waals surface area contributed by atoms with Crippen molar-refractivity contribution in [1.29, 1.82) is 0 Å². The Labute approximate surface area is 208 Å². The molecule has 0 bridgehead atoms. The van der Waals surface area contributed by atoms with Crippen molar-refractivity contribution in [2.45, 2.75) is 32.3 Å². The first kappa shape index (κ1) is 24.7. The lowest BCUT2D eigenvalue weighted by atomic mass is 9.90. The van der Waals surface area contributed by atoms with E-state index < -0.39 is 5.60 Å². The summed E-state index contributed by atoms with van der Waals surface area (Å²) < 4.78 is 6.29. The molecule has 3 heterocycles. The number of aromatic nitrogens is 2. The number of fused-ring (bicyclic) bond motifs is 1. The molecule has 3 aromatic rings. The Hall–Kier alpha value is -3.40. The molecule has 2 amide bonds. The van der Waals surface area contributed by atoms with Crippen LogP contribution in [0.4, 0.5) is 9.93 Å². The van der Waals surface area contributed by atoms with E-state index in [1.165, 1.54) is 11.3 Å². The molecule has 1 aliphatic rings. The number of urea groups is 1. The van der Waals surface area contributed by atoms with Crippen molar-refractivity contribution in [3.8, 4) is 11.3 Å². The number of aliphatic imine (C=N–C) groups is 1. The third-order valence-corrected chi connectivity index (χ3v) is 6.95. The third-order valence-electron chi connectivity index (χ3n) is 5.93. The maximum Gasteiger partial charge on any atom is 0.321 e. The van der Waals surface area contributed by atoms with Crippen LogP contribution in [0, 0.1) is 0 Å². The molecular formula is C26H29N5O3S. The number of aliphatic hydroxyl groups is 1. The number of nitrogens with one attached hydrogen (secondary N) is 2. The van der Waals surface area contributed by atoms with Gasteiger partial charge < -0.3 is 15.2 Å². The van der Waals surface area contributed by atoms with Crippen LogP contribution in [0.15, 0.2) is 60.4 Å². The number of ether oxygens (including phenoxy) is 1. The lowest BCUT2D eigenvalue weighted by Gasteiger charge is -2.31. The minimum Gasteiger partial charge on any atom is -0.384 e. The highest BCUT2D eigenvalue weighted by Gasteiger charge is 2.32. The molecule has 0 aliphatic carbocycles. The van der Waals surface area contributed by atoms with Crippen LogP contribution in [0.1, 0.15) is 32.3 Å². The molecule has 1 aromatic carbocycles. The molecule has 0 spiro atoms. The number of nitrogens with zero attached hydrogens (tertiary/aromatic N) is 3. The summed E-state index contributed by atoms with van der Waals surface area (Å²) in [4.78, 5) is 25.8. The van der Waals surface area contributed by atoms with E-state index >= 15 is 0 Å². The van der Waals surface area contributed by atoms with Crippen molar-refractivity contribution in [2.24, 2.45) is 4.99 Å². The van der Waals surface area contributed by atoms with Crippen LogP contribution in [0.2, 0.25) is 0 Å². The number of thiazole rings is 1. The van der Waals surface area contributed by atoms with Gasteiger partial charge in [-0.3, -0.25) is 15.3 Å². The monoisotopic (exact) mass is 491 g/mol. The third kappa shape index (κ3) is 5.64. The normalized spacial score (nSPS) is 16.2. The van der Waals surface area contributed by atoms with Crippen molar-refractivity contribution in [3.05, 3.63) is 60.9 Å². The quantitative estimate of drug-likeness (QED) is 0.317. The van der Waals surface area contributed by atoms with E-state index in [1.807, 2.05) is 44.2 Å². The van der Waals surface area contributed by atoms with Crippen LogP contribution < -0.4 is 10.6 Å². The summed E-state index contributed by atoms with van der Waals surface area (Å²) in [6, 6.07) is 9.42. The Kier molecular flexibility index (Phi) is 7.70. The van der Waals surface area contributed by atoms with Gasteiger partial charge in [-0.25, -0.2) is 9.78 Å². The zero-order valence-electron chi connectivity index (χ0n) is 19.9. The molecule has 8 nitrogen and oxygen atoms in total. The van der Waals surface area contributed by atoms with Crippen LogP contribution in [0.25, 0.3) is 27.0 Å². The van der Waals surface area contributed by atoms with Crippen LogP contribution >= 0.6 is 11.3 Å². The van der Waals surface area contributed by atoms with Gasteiger partial charge in [-0.1, -0.05) is 30.1 Å². The van der Waals surface area contributed by atoms with Crippen LogP contribution in [0.5, 0.6) is 0 Å². The summed E-state index contributed by atoms with van der Waals surface area (Å²) >= 11 is 1.40. The largest absolute Gasteiger partial charge is 0.384 e. The van der Waals surface area contributed by atoms with Gasteiger partial charge in [0.2, 0.25) is 0 Å². The highest BCUT2D eigenvalue weighted by molar-refractivity contribution is 7.22. The van der Waals surface area contributed by atoms with Crippen molar-refractivity contribution in [3.63, 3.8) is 0 Å². The standard InChI is InChI=1S/C26H29N5O3S/c1-4-18(16-29-17(3)26(33)9-12-34-13-10-26)19-14-20(21-8-6-7-11-28-21)23-22(15-19)30-25(35-23)31-24(32)27-5-2/h4,6-8,11,14-16,33H,1,5,9-10,12-13H2,2-3H3,(H2,27,30,31,32)/b18-16+,29-17?. The molecule has 0 unspecified atom stereocenters. The molecule has 3 N–H and O–H groups in total. The summed E-state index contributed by atoms with van der Waals surface area (Å²) in [5.74, 6) is 0. The van der Waals surface area contributed by atoms with Crippen molar-refractivity contribution >= 4 is 44.0 Å². The number of amides is 2. The molecule has 4 rings (SSSR count). The predicted octanol–water partition coefficient (Wildman–Crippen LogP) is 5.03. The van der Waals surface area contributed by atoms with Gasteiger partial charge in [0.15, 0.2) is 5.13 Å². The zero-order valence-corrected chi connectivity index (χ0v) is 20.7. The lowest BCUT2D eigenvalue weighted by molar-refractivity contribution is -0.0202. The molecular weight excluding hydrogens is 462 g/mol. The number of anilines is 1. The fraction of sp³-hybridized carbons (Fsp3) is 0.308. The Morgan fingerprint density at radius 3 is 2.83 bits per heavy atom. The topological polar surface area (TPSA) is 109 Å². The smallest absolute Gasteiger partial charge is 0.321 e. The first-order valence-electron chi connectivity index (χ1n) is 11.5. The second kappa shape index (κ2) is 10.9. The highest BCUT2D eigenvalue weighted by Crippen LogP contribution is 2.37. The number of allylic oxidation sites excluding steroid dienone is 2.